The Morgan fingerprint density at radius 2 is 1.80 bits per heavy atom. The number of rotatable bonds is 9. The number of hydrogen-bond donors (Lipinski definition) is 2. The fraction of sp³-hybridized carbons (Fsp3) is 0.429. The van der Waals surface area contributed by atoms with Gasteiger partial charge in [-0.3, -0.25) is 4.79 Å². The zero-order chi connectivity index (χ0) is 19.7. The van der Waals surface area contributed by atoms with Gasteiger partial charge >= 0.3 is 0 Å². The fourth-order valence-corrected chi connectivity index (χ4v) is 3.25. The molecule has 2 N–H and O–H groups in total. The molecule has 0 atom stereocenters. The highest BCUT2D eigenvalue weighted by Crippen LogP contribution is 2.28. The van der Waals surface area contributed by atoms with Crippen molar-refractivity contribution in [3.63, 3.8) is 0 Å². The van der Waals surface area contributed by atoms with Crippen molar-refractivity contribution in [1.29, 1.82) is 0 Å². The molecule has 3 rings (SSSR count). The molecule has 1 aliphatic heterocycles. The average molecular weight is 458 g/mol. The van der Waals surface area contributed by atoms with Gasteiger partial charge in [-0.2, -0.15) is 0 Å². The van der Waals surface area contributed by atoms with E-state index in [1.54, 1.807) is 43.6 Å². The van der Waals surface area contributed by atoms with Crippen LogP contribution in [0.4, 0.5) is 0 Å². The number of piperidine rings is 1. The number of amides is 1. The second-order valence-corrected chi connectivity index (χ2v) is 6.99. The highest BCUT2D eigenvalue weighted by atomic mass is 35.5. The summed E-state index contributed by atoms with van der Waals surface area (Å²) in [5.74, 6) is 1.65. The smallest absolute Gasteiger partial charge is 0.257 e. The molecule has 2 aromatic rings. The molecule has 1 aliphatic rings. The summed E-state index contributed by atoms with van der Waals surface area (Å²) in [5.41, 5.74) is 0.000120. The standard InChI is InChI=1S/C21H27N3O4.2ClH/c1-26-16-21(9-12-22-13-10-21)15-24-19(25)14-27-17-5-7-18(8-6-17)28-20-4-2-3-11-23-20;;/h2-8,11,22H,9-10,12-16H2,1H3,(H,24,25);2*1H. The third-order valence-electron chi connectivity index (χ3n) is 4.83. The van der Waals surface area contributed by atoms with E-state index in [1.807, 2.05) is 12.1 Å². The van der Waals surface area contributed by atoms with Gasteiger partial charge in [-0.25, -0.2) is 4.98 Å². The van der Waals surface area contributed by atoms with E-state index in [0.717, 1.165) is 25.9 Å². The molecule has 1 fully saturated rings. The van der Waals surface area contributed by atoms with Crippen LogP contribution < -0.4 is 20.1 Å². The van der Waals surface area contributed by atoms with Crippen molar-refractivity contribution in [2.75, 3.05) is 40.0 Å². The van der Waals surface area contributed by atoms with Crippen LogP contribution in [0.25, 0.3) is 0 Å². The maximum atomic E-state index is 12.2. The molecule has 1 amide bonds. The van der Waals surface area contributed by atoms with Crippen LogP contribution in [0.5, 0.6) is 17.4 Å². The van der Waals surface area contributed by atoms with Gasteiger partial charge in [0, 0.05) is 31.3 Å². The van der Waals surface area contributed by atoms with Crippen LogP contribution in [-0.2, 0) is 9.53 Å². The second-order valence-electron chi connectivity index (χ2n) is 6.99. The number of nitrogens with one attached hydrogen (secondary N) is 2. The predicted octanol–water partition coefficient (Wildman–Crippen LogP) is 3.23. The third-order valence-corrected chi connectivity index (χ3v) is 4.83. The summed E-state index contributed by atoms with van der Waals surface area (Å²) in [4.78, 5) is 16.3. The maximum Gasteiger partial charge on any atom is 0.257 e. The summed E-state index contributed by atoms with van der Waals surface area (Å²) >= 11 is 0. The number of aromatic nitrogens is 1. The van der Waals surface area contributed by atoms with Gasteiger partial charge in [-0.15, -0.1) is 24.8 Å². The normalized spacial score (nSPS) is 14.6. The summed E-state index contributed by atoms with van der Waals surface area (Å²) < 4.78 is 16.6. The minimum Gasteiger partial charge on any atom is -0.484 e. The van der Waals surface area contributed by atoms with Gasteiger partial charge in [0.1, 0.15) is 11.5 Å². The van der Waals surface area contributed by atoms with Gasteiger partial charge in [0.15, 0.2) is 6.61 Å². The first-order chi connectivity index (χ1) is 13.7. The lowest BCUT2D eigenvalue weighted by Crippen LogP contribution is -2.47. The van der Waals surface area contributed by atoms with Gasteiger partial charge in [0.2, 0.25) is 5.88 Å². The van der Waals surface area contributed by atoms with Crippen LogP contribution in [-0.4, -0.2) is 50.8 Å². The largest absolute Gasteiger partial charge is 0.484 e. The molecule has 1 aromatic carbocycles. The molecule has 0 bridgehead atoms. The molecule has 1 saturated heterocycles. The van der Waals surface area contributed by atoms with Gasteiger partial charge in [-0.1, -0.05) is 6.07 Å². The average Bonchev–Trinajstić information content (AvgIpc) is 2.73. The zero-order valence-corrected chi connectivity index (χ0v) is 18.6. The first kappa shape index (κ1) is 26.0. The van der Waals surface area contributed by atoms with Crippen molar-refractivity contribution < 1.29 is 19.0 Å². The number of ether oxygens (including phenoxy) is 3. The monoisotopic (exact) mass is 457 g/mol. The molecule has 1 aromatic heterocycles. The summed E-state index contributed by atoms with van der Waals surface area (Å²) in [6.07, 6.45) is 3.64. The van der Waals surface area contributed by atoms with Crippen LogP contribution in [0, 0.1) is 5.41 Å². The summed E-state index contributed by atoms with van der Waals surface area (Å²) in [6.45, 7) is 3.11. The maximum absolute atomic E-state index is 12.2. The van der Waals surface area contributed by atoms with Crippen molar-refractivity contribution in [3.8, 4) is 17.4 Å². The topological polar surface area (TPSA) is 81.7 Å². The first-order valence-corrected chi connectivity index (χ1v) is 9.47. The molecule has 9 heteroatoms. The minimum atomic E-state index is -0.136. The van der Waals surface area contributed by atoms with Crippen molar-refractivity contribution in [2.45, 2.75) is 12.8 Å². The molecular weight excluding hydrogens is 429 g/mol. The second kappa shape index (κ2) is 13.3. The van der Waals surface area contributed by atoms with Crippen LogP contribution in [0.15, 0.2) is 48.7 Å². The number of carbonyl (C=O) groups is 1. The number of hydrogen-bond acceptors (Lipinski definition) is 6. The summed E-state index contributed by atoms with van der Waals surface area (Å²) in [6, 6.07) is 12.6. The summed E-state index contributed by atoms with van der Waals surface area (Å²) in [5, 5.41) is 6.33. The van der Waals surface area contributed by atoms with E-state index in [0.29, 0.717) is 30.5 Å². The van der Waals surface area contributed by atoms with E-state index < -0.39 is 0 Å². The Kier molecular flexibility index (Phi) is 11.5. The van der Waals surface area contributed by atoms with E-state index in [2.05, 4.69) is 15.6 Å². The highest BCUT2D eigenvalue weighted by molar-refractivity contribution is 5.85. The Morgan fingerprint density at radius 3 is 2.43 bits per heavy atom. The molecule has 2 heterocycles. The molecule has 0 unspecified atom stereocenters. The number of methoxy groups -OCH3 is 1. The SMILES string of the molecule is COCC1(CNC(=O)COc2ccc(Oc3ccccn3)cc2)CCNCC1.Cl.Cl. The third kappa shape index (κ3) is 7.99. The predicted molar refractivity (Wildman–Crippen MR) is 120 cm³/mol. The lowest BCUT2D eigenvalue weighted by molar-refractivity contribution is -0.124. The quantitative estimate of drug-likeness (QED) is 0.601. The number of pyridine rings is 1. The van der Waals surface area contributed by atoms with E-state index in [4.69, 9.17) is 14.2 Å². The minimum absolute atomic E-state index is 0. The molecule has 0 spiro atoms. The van der Waals surface area contributed by atoms with Crippen molar-refractivity contribution >= 4 is 30.7 Å². The highest BCUT2D eigenvalue weighted by Gasteiger charge is 2.32. The lowest BCUT2D eigenvalue weighted by atomic mass is 9.79. The van der Waals surface area contributed by atoms with Gasteiger partial charge in [0.25, 0.3) is 5.91 Å². The number of carbonyl (C=O) groups excluding carboxylic acids is 1. The Labute approximate surface area is 189 Å². The van der Waals surface area contributed by atoms with Gasteiger partial charge < -0.3 is 24.8 Å². The van der Waals surface area contributed by atoms with E-state index in [9.17, 15) is 4.79 Å². The van der Waals surface area contributed by atoms with Crippen LogP contribution in [0.2, 0.25) is 0 Å². The van der Waals surface area contributed by atoms with Gasteiger partial charge in [-0.05, 0) is 56.3 Å². The Morgan fingerprint density at radius 1 is 1.10 bits per heavy atom. The van der Waals surface area contributed by atoms with Gasteiger partial charge in [0.05, 0.1) is 6.61 Å². The Bertz CT molecular complexity index is 736. The van der Waals surface area contributed by atoms with E-state index in [1.165, 1.54) is 0 Å². The molecule has 0 radical (unpaired) electrons. The zero-order valence-electron chi connectivity index (χ0n) is 17.0. The molecular formula is C21H29Cl2N3O4. The van der Waals surface area contributed by atoms with Crippen molar-refractivity contribution in [2.24, 2.45) is 5.41 Å². The molecule has 30 heavy (non-hydrogen) atoms. The van der Waals surface area contributed by atoms with E-state index in [-0.39, 0.29) is 42.7 Å². The number of halogens is 2. The first-order valence-electron chi connectivity index (χ1n) is 9.47. The van der Waals surface area contributed by atoms with Crippen molar-refractivity contribution in [1.82, 2.24) is 15.6 Å². The molecule has 166 valence electrons. The van der Waals surface area contributed by atoms with Crippen LogP contribution in [0.1, 0.15) is 12.8 Å². The Balaban J connectivity index is 0.00000225. The lowest BCUT2D eigenvalue weighted by Gasteiger charge is -2.37. The Hall–Kier alpha value is -2.06. The fourth-order valence-electron chi connectivity index (χ4n) is 3.25. The van der Waals surface area contributed by atoms with E-state index >= 15 is 0 Å². The molecule has 0 aliphatic carbocycles. The molecule has 7 nitrogen and oxygen atoms in total. The molecule has 0 saturated carbocycles. The van der Waals surface area contributed by atoms with Crippen LogP contribution in [0.3, 0.4) is 0 Å². The van der Waals surface area contributed by atoms with Crippen molar-refractivity contribution in [3.05, 3.63) is 48.7 Å². The summed E-state index contributed by atoms with van der Waals surface area (Å²) in [7, 11) is 1.70. The number of benzene rings is 1. The van der Waals surface area contributed by atoms with Crippen LogP contribution >= 0.6 is 24.8 Å². The number of nitrogens with zero attached hydrogens (tertiary/aromatic N) is 1.